The van der Waals surface area contributed by atoms with Crippen molar-refractivity contribution in [3.05, 3.63) is 52.1 Å². The maximum absolute atomic E-state index is 12.5. The van der Waals surface area contributed by atoms with Crippen LogP contribution in [0.1, 0.15) is 10.5 Å². The van der Waals surface area contributed by atoms with Crippen molar-refractivity contribution in [3.63, 3.8) is 0 Å². The van der Waals surface area contributed by atoms with Crippen molar-refractivity contribution in [3.8, 4) is 0 Å². The average molecular weight is 397 g/mol. The number of benzene rings is 2. The smallest absolute Gasteiger partial charge is 0.272 e. The van der Waals surface area contributed by atoms with Crippen molar-refractivity contribution in [2.75, 3.05) is 11.8 Å². The third kappa shape index (κ3) is 3.63. The molecule has 3 aromatic rings. The van der Waals surface area contributed by atoms with E-state index in [0.29, 0.717) is 31.7 Å². The third-order valence-electron chi connectivity index (χ3n) is 3.55. The summed E-state index contributed by atoms with van der Waals surface area (Å²) in [6.07, 6.45) is 0. The predicted octanol–water partition coefficient (Wildman–Crippen LogP) is 3.37. The number of amides is 1. The van der Waals surface area contributed by atoms with E-state index in [1.165, 1.54) is 0 Å². The second kappa shape index (κ2) is 7.03. The number of hydrogen-bond acceptors (Lipinski definition) is 3. The molecule has 3 rings (SSSR count). The van der Waals surface area contributed by atoms with E-state index in [9.17, 15) is 9.00 Å². The molecule has 0 fully saturated rings. The largest absolute Gasteiger partial charge is 0.354 e. The Morgan fingerprint density at radius 2 is 1.84 bits per heavy atom. The van der Waals surface area contributed by atoms with E-state index in [0.717, 1.165) is 5.52 Å². The van der Waals surface area contributed by atoms with Gasteiger partial charge in [-0.25, -0.2) is 4.21 Å². The molecular formula is C16H14Cl2N4O2S. The number of nitrogens with one attached hydrogen (secondary N) is 2. The number of aromatic nitrogens is 2. The monoisotopic (exact) mass is 396 g/mol. The van der Waals surface area contributed by atoms with E-state index >= 15 is 0 Å². The van der Waals surface area contributed by atoms with Gasteiger partial charge in [0.15, 0.2) is 5.69 Å². The topological polar surface area (TPSA) is 76.0 Å². The van der Waals surface area contributed by atoms with Crippen LogP contribution in [0.5, 0.6) is 0 Å². The minimum atomic E-state index is -1.54. The number of halogens is 2. The zero-order valence-electron chi connectivity index (χ0n) is 13.3. The van der Waals surface area contributed by atoms with Gasteiger partial charge in [0.25, 0.3) is 5.91 Å². The summed E-state index contributed by atoms with van der Waals surface area (Å²) in [7, 11) is 1.76. The molecule has 0 saturated heterocycles. The molecule has 0 spiro atoms. The molecule has 0 aliphatic rings. The highest BCUT2D eigenvalue weighted by atomic mass is 35.5. The highest BCUT2D eigenvalue weighted by Gasteiger charge is 2.15. The Bertz CT molecular complexity index is 983. The van der Waals surface area contributed by atoms with E-state index in [2.05, 4.69) is 15.1 Å². The Morgan fingerprint density at radius 1 is 1.16 bits per heavy atom. The summed E-state index contributed by atoms with van der Waals surface area (Å²) < 4.78 is 17.0. The van der Waals surface area contributed by atoms with Crippen molar-refractivity contribution in [2.24, 2.45) is 7.05 Å². The van der Waals surface area contributed by atoms with Crippen molar-refractivity contribution in [2.45, 2.75) is 4.90 Å². The molecule has 0 aliphatic heterocycles. The molecule has 0 bridgehead atoms. The summed E-state index contributed by atoms with van der Waals surface area (Å²) in [5.74, 6) is -0.261. The average Bonchev–Trinajstić information content (AvgIpc) is 2.90. The fourth-order valence-electron chi connectivity index (χ4n) is 2.41. The molecule has 0 saturated carbocycles. The molecule has 1 amide bonds. The van der Waals surface area contributed by atoms with Gasteiger partial charge in [-0.05, 0) is 36.4 Å². The summed E-state index contributed by atoms with van der Waals surface area (Å²) in [5.41, 5.74) is 1.70. The van der Waals surface area contributed by atoms with Gasteiger partial charge in [-0.15, -0.1) is 0 Å². The maximum atomic E-state index is 12.5. The van der Waals surface area contributed by atoms with E-state index in [-0.39, 0.29) is 5.91 Å². The molecule has 1 unspecified atom stereocenters. The number of fused-ring (bicyclic) bond motifs is 1. The zero-order valence-corrected chi connectivity index (χ0v) is 15.7. The quantitative estimate of drug-likeness (QED) is 0.709. The summed E-state index contributed by atoms with van der Waals surface area (Å²) in [6, 6.07) is 10.0. The van der Waals surface area contributed by atoms with Gasteiger partial charge in [0.2, 0.25) is 0 Å². The van der Waals surface area contributed by atoms with Gasteiger partial charge in [0.05, 0.1) is 10.4 Å². The van der Waals surface area contributed by atoms with Crippen molar-refractivity contribution in [1.82, 2.24) is 15.1 Å². The standard InChI is InChI=1S/C16H14Cl2N4O2S/c1-19-16(23)15-13-4-3-11(8-14(13)22(2)20-15)21-25(24)12-6-9(17)5-10(18)7-12/h3-8,21H,1-2H3,(H,19,23). The minimum absolute atomic E-state index is 0.261. The lowest BCUT2D eigenvalue weighted by atomic mass is 10.2. The van der Waals surface area contributed by atoms with Gasteiger partial charge in [-0.1, -0.05) is 23.2 Å². The SMILES string of the molecule is CNC(=O)c1nn(C)c2cc(NS(=O)c3cc(Cl)cc(Cl)c3)ccc12. The normalized spacial score (nSPS) is 12.2. The summed E-state index contributed by atoms with van der Waals surface area (Å²) >= 11 is 11.9. The Kier molecular flexibility index (Phi) is 4.99. The number of rotatable bonds is 4. The number of anilines is 1. The molecular weight excluding hydrogens is 383 g/mol. The first kappa shape index (κ1) is 17.7. The Morgan fingerprint density at radius 3 is 2.48 bits per heavy atom. The molecule has 1 heterocycles. The van der Waals surface area contributed by atoms with Crippen molar-refractivity contribution < 1.29 is 9.00 Å². The first-order valence-corrected chi connectivity index (χ1v) is 9.13. The van der Waals surface area contributed by atoms with E-state index in [1.807, 2.05) is 0 Å². The maximum Gasteiger partial charge on any atom is 0.272 e. The van der Waals surface area contributed by atoms with Crippen LogP contribution >= 0.6 is 23.2 Å². The molecule has 2 aromatic carbocycles. The zero-order chi connectivity index (χ0) is 18.1. The highest BCUT2D eigenvalue weighted by molar-refractivity contribution is 7.86. The van der Waals surface area contributed by atoms with Gasteiger partial charge >= 0.3 is 0 Å². The number of carbonyl (C=O) groups excluding carboxylic acids is 1. The van der Waals surface area contributed by atoms with Gasteiger partial charge in [-0.2, -0.15) is 5.10 Å². The molecule has 130 valence electrons. The lowest BCUT2D eigenvalue weighted by molar-refractivity contribution is 0.0959. The third-order valence-corrected chi connectivity index (χ3v) is 5.08. The van der Waals surface area contributed by atoms with Crippen molar-refractivity contribution in [1.29, 1.82) is 0 Å². The van der Waals surface area contributed by atoms with Gasteiger partial charge in [0.1, 0.15) is 11.0 Å². The molecule has 6 nitrogen and oxygen atoms in total. The summed E-state index contributed by atoms with van der Waals surface area (Å²) in [5, 5.41) is 8.33. The van der Waals surface area contributed by atoms with Crippen LogP contribution in [0.25, 0.3) is 10.9 Å². The molecule has 1 atom stereocenters. The fourth-order valence-corrected chi connectivity index (χ4v) is 3.99. The lowest BCUT2D eigenvalue weighted by Gasteiger charge is -2.08. The second-order valence-electron chi connectivity index (χ2n) is 5.26. The molecule has 25 heavy (non-hydrogen) atoms. The van der Waals surface area contributed by atoms with E-state index in [4.69, 9.17) is 23.2 Å². The molecule has 0 radical (unpaired) electrons. The molecule has 9 heteroatoms. The summed E-state index contributed by atoms with van der Waals surface area (Å²) in [4.78, 5) is 12.3. The van der Waals surface area contributed by atoms with Gasteiger partial charge < -0.3 is 10.0 Å². The van der Waals surface area contributed by atoms with E-state index < -0.39 is 11.0 Å². The van der Waals surface area contributed by atoms with Crippen LogP contribution in [0.4, 0.5) is 5.69 Å². The van der Waals surface area contributed by atoms with Gasteiger partial charge in [0, 0.05) is 35.2 Å². The van der Waals surface area contributed by atoms with Crippen LogP contribution in [0.15, 0.2) is 41.3 Å². The summed E-state index contributed by atoms with van der Waals surface area (Å²) in [6.45, 7) is 0. The molecule has 2 N–H and O–H groups in total. The number of hydrogen-bond donors (Lipinski definition) is 2. The van der Waals surface area contributed by atoms with E-state index in [1.54, 1.807) is 55.2 Å². The lowest BCUT2D eigenvalue weighted by Crippen LogP contribution is -2.18. The fraction of sp³-hybridized carbons (Fsp3) is 0.125. The first-order chi connectivity index (χ1) is 11.9. The van der Waals surface area contributed by atoms with Crippen LogP contribution in [0.3, 0.4) is 0 Å². The first-order valence-electron chi connectivity index (χ1n) is 7.22. The van der Waals surface area contributed by atoms with Crippen molar-refractivity contribution >= 4 is 56.7 Å². The van der Waals surface area contributed by atoms with Crippen LogP contribution in [0, 0.1) is 0 Å². The Labute approximate surface area is 156 Å². The highest BCUT2D eigenvalue weighted by Crippen LogP contribution is 2.25. The number of carbonyl (C=O) groups is 1. The number of aryl methyl sites for hydroxylation is 1. The second-order valence-corrected chi connectivity index (χ2v) is 7.35. The van der Waals surface area contributed by atoms with Crippen LogP contribution in [-0.4, -0.2) is 26.9 Å². The van der Waals surface area contributed by atoms with Crippen LogP contribution in [0.2, 0.25) is 10.0 Å². The Hall–Kier alpha value is -2.09. The Balaban J connectivity index is 1.93. The van der Waals surface area contributed by atoms with Crippen LogP contribution < -0.4 is 10.0 Å². The number of nitrogens with zero attached hydrogens (tertiary/aromatic N) is 2. The molecule has 1 aromatic heterocycles. The molecule has 0 aliphatic carbocycles. The van der Waals surface area contributed by atoms with Gasteiger partial charge in [-0.3, -0.25) is 9.48 Å². The minimum Gasteiger partial charge on any atom is -0.354 e. The predicted molar refractivity (Wildman–Crippen MR) is 101 cm³/mol. The van der Waals surface area contributed by atoms with Crippen LogP contribution in [-0.2, 0) is 18.0 Å².